The van der Waals surface area contributed by atoms with Crippen molar-refractivity contribution in [2.75, 3.05) is 0 Å². The van der Waals surface area contributed by atoms with E-state index in [2.05, 4.69) is 206 Å². The average molecular weight is 822 g/mol. The highest BCUT2D eigenvalue weighted by Gasteiger charge is 2.25. The van der Waals surface area contributed by atoms with E-state index in [1.165, 1.54) is 16.7 Å². The van der Waals surface area contributed by atoms with Crippen LogP contribution in [-0.4, -0.2) is 19.6 Å². The predicted molar refractivity (Wildman–Crippen MR) is 265 cm³/mol. The molecule has 9 rings (SSSR count). The van der Waals surface area contributed by atoms with Crippen LogP contribution in [0.5, 0.6) is 5.75 Å². The lowest BCUT2D eigenvalue weighted by atomic mass is 9.83. The molecule has 0 spiro atoms. The Morgan fingerprint density at radius 3 is 1.79 bits per heavy atom. The molecule has 2 heterocycles. The maximum absolute atomic E-state index is 11.9. The Bertz CT molecular complexity index is 3140. The molecule has 2 aromatic heterocycles. The molecule has 312 valence electrons. The molecule has 1 N–H and O–H groups in total. The molecule has 0 aliphatic heterocycles. The molecule has 0 atom stereocenters. The molecule has 63 heavy (non-hydrogen) atoms. The average Bonchev–Trinajstić information content (AvgIpc) is 3.67. The summed E-state index contributed by atoms with van der Waals surface area (Å²) in [5.41, 5.74) is 19.7. The lowest BCUT2D eigenvalue weighted by molar-refractivity contribution is 0.472. The molecule has 4 nitrogen and oxygen atoms in total. The van der Waals surface area contributed by atoms with E-state index < -0.39 is 0 Å². The van der Waals surface area contributed by atoms with Crippen LogP contribution in [0, 0.1) is 20.8 Å². The van der Waals surface area contributed by atoms with E-state index >= 15 is 0 Å². The summed E-state index contributed by atoms with van der Waals surface area (Å²) < 4.78 is 2.28. The van der Waals surface area contributed by atoms with Gasteiger partial charge in [0, 0.05) is 22.9 Å². The summed E-state index contributed by atoms with van der Waals surface area (Å²) in [6.45, 7) is 19.8. The van der Waals surface area contributed by atoms with Gasteiger partial charge in [0.15, 0.2) is 0 Å². The SMILES string of the molecule is Cc1cc(C)c(O)c(-c2nc3c(-c4cc(-c5cc(-c6ccccc6)ccn5)cc(C(C)(C)C)c4)cccc3n2-c2cc(C)c(-c3ccccc3)cc2-c2ccc(C(C)(C)C)cc2)c1. The zero-order valence-electron chi connectivity index (χ0n) is 37.9. The minimum Gasteiger partial charge on any atom is -0.507 e. The van der Waals surface area contributed by atoms with Crippen LogP contribution in [0.25, 0.3) is 83.9 Å². The maximum atomic E-state index is 11.9. The number of hydrogen-bond acceptors (Lipinski definition) is 3. The first-order chi connectivity index (χ1) is 30.1. The third-order valence-corrected chi connectivity index (χ3v) is 12.4. The number of aromatic nitrogens is 3. The summed E-state index contributed by atoms with van der Waals surface area (Å²) in [7, 11) is 0. The number of aromatic hydroxyl groups is 1. The molecule has 0 saturated heterocycles. The van der Waals surface area contributed by atoms with Gasteiger partial charge in [0.1, 0.15) is 11.6 Å². The van der Waals surface area contributed by atoms with E-state index in [4.69, 9.17) is 9.97 Å². The van der Waals surface area contributed by atoms with Gasteiger partial charge in [0.25, 0.3) is 0 Å². The first-order valence-corrected chi connectivity index (χ1v) is 22.0. The van der Waals surface area contributed by atoms with Crippen molar-refractivity contribution in [2.24, 2.45) is 0 Å². The Morgan fingerprint density at radius 2 is 1.11 bits per heavy atom. The molecular formula is C59H55N3O. The van der Waals surface area contributed by atoms with Crippen LogP contribution in [0.2, 0.25) is 0 Å². The van der Waals surface area contributed by atoms with Gasteiger partial charge in [-0.2, -0.15) is 0 Å². The number of fused-ring (bicyclic) bond motifs is 1. The van der Waals surface area contributed by atoms with Gasteiger partial charge in [0.2, 0.25) is 0 Å². The summed E-state index contributed by atoms with van der Waals surface area (Å²) in [6.07, 6.45) is 1.91. The predicted octanol–water partition coefficient (Wildman–Crippen LogP) is 15.6. The van der Waals surface area contributed by atoms with Gasteiger partial charge in [-0.3, -0.25) is 9.55 Å². The Hall–Kier alpha value is -7.04. The van der Waals surface area contributed by atoms with E-state index in [1.54, 1.807) is 0 Å². The molecule has 7 aromatic carbocycles. The van der Waals surface area contributed by atoms with Gasteiger partial charge in [-0.25, -0.2) is 4.98 Å². The molecule has 0 amide bonds. The largest absolute Gasteiger partial charge is 0.507 e. The number of nitrogens with zero attached hydrogens (tertiary/aromatic N) is 3. The van der Waals surface area contributed by atoms with Crippen LogP contribution in [0.1, 0.15) is 69.4 Å². The molecule has 0 aliphatic rings. The molecule has 0 radical (unpaired) electrons. The molecular weight excluding hydrogens is 767 g/mol. The normalized spacial score (nSPS) is 12.0. The van der Waals surface area contributed by atoms with Crippen molar-refractivity contribution in [2.45, 2.75) is 73.1 Å². The smallest absolute Gasteiger partial charge is 0.149 e. The van der Waals surface area contributed by atoms with Crippen molar-refractivity contribution >= 4 is 11.0 Å². The van der Waals surface area contributed by atoms with Crippen molar-refractivity contribution < 1.29 is 5.11 Å². The summed E-state index contributed by atoms with van der Waals surface area (Å²) in [4.78, 5) is 10.5. The number of imidazole rings is 1. The standard InChI is InChI=1S/C59H55N3O/c1-37-29-39(3)56(63)51(30-37)57-61-55-48(44-32-45(34-47(33-44)59(7,8)9)52-35-43(27-28-60-52)40-17-12-10-13-18-40)21-16-22-53(55)62(57)54-31-38(2)49(41-19-14-11-15-20-41)36-50(54)42-23-25-46(26-24-42)58(4,5)6/h10-36,63H,1-9H3. The van der Waals surface area contributed by atoms with Crippen LogP contribution in [0.15, 0.2) is 164 Å². The van der Waals surface area contributed by atoms with E-state index in [-0.39, 0.29) is 16.6 Å². The zero-order valence-corrected chi connectivity index (χ0v) is 37.9. The molecule has 0 bridgehead atoms. The number of aryl methyl sites for hydroxylation is 3. The quantitative estimate of drug-likeness (QED) is 0.174. The van der Waals surface area contributed by atoms with Gasteiger partial charge in [-0.15, -0.1) is 0 Å². The molecule has 9 aromatic rings. The van der Waals surface area contributed by atoms with Gasteiger partial charge >= 0.3 is 0 Å². The topological polar surface area (TPSA) is 50.9 Å². The van der Waals surface area contributed by atoms with Gasteiger partial charge in [-0.1, -0.05) is 151 Å². The Morgan fingerprint density at radius 1 is 0.460 bits per heavy atom. The number of rotatable bonds is 7. The summed E-state index contributed by atoms with van der Waals surface area (Å²) >= 11 is 0. The van der Waals surface area contributed by atoms with Crippen molar-refractivity contribution in [1.29, 1.82) is 0 Å². The van der Waals surface area contributed by atoms with E-state index in [1.807, 2.05) is 25.3 Å². The monoisotopic (exact) mass is 821 g/mol. The number of hydrogen-bond donors (Lipinski definition) is 1. The van der Waals surface area contributed by atoms with Crippen LogP contribution < -0.4 is 0 Å². The zero-order chi connectivity index (χ0) is 44.2. The Kier molecular flexibility index (Phi) is 10.5. The molecule has 0 unspecified atom stereocenters. The Balaban J connectivity index is 1.33. The van der Waals surface area contributed by atoms with Gasteiger partial charge in [-0.05, 0) is 141 Å². The highest BCUT2D eigenvalue weighted by molar-refractivity contribution is 5.98. The van der Waals surface area contributed by atoms with E-state index in [0.29, 0.717) is 11.4 Å². The van der Waals surface area contributed by atoms with Crippen molar-refractivity contribution in [3.63, 3.8) is 0 Å². The fourth-order valence-electron chi connectivity index (χ4n) is 8.84. The highest BCUT2D eigenvalue weighted by Crippen LogP contribution is 2.44. The summed E-state index contributed by atoms with van der Waals surface area (Å²) in [6, 6.07) is 56.5. The molecule has 0 aliphatic carbocycles. The van der Waals surface area contributed by atoms with Crippen molar-refractivity contribution in [3.8, 4) is 78.6 Å². The van der Waals surface area contributed by atoms with Crippen LogP contribution in [-0.2, 0) is 10.8 Å². The second-order valence-electron chi connectivity index (χ2n) is 19.1. The molecule has 0 fully saturated rings. The summed E-state index contributed by atoms with van der Waals surface area (Å²) in [5.74, 6) is 0.916. The highest BCUT2D eigenvalue weighted by atomic mass is 16.3. The minimum atomic E-state index is -0.138. The number of phenols is 1. The van der Waals surface area contributed by atoms with E-state index in [9.17, 15) is 5.11 Å². The third kappa shape index (κ3) is 7.98. The van der Waals surface area contributed by atoms with Gasteiger partial charge in [0.05, 0.1) is 28.0 Å². The van der Waals surface area contributed by atoms with Crippen LogP contribution in [0.3, 0.4) is 0 Å². The third-order valence-electron chi connectivity index (χ3n) is 12.4. The first-order valence-electron chi connectivity index (χ1n) is 22.0. The number of pyridine rings is 1. The first kappa shape index (κ1) is 41.3. The number of phenolic OH excluding ortho intramolecular Hbond substituents is 1. The second kappa shape index (κ2) is 16.0. The second-order valence-corrected chi connectivity index (χ2v) is 19.1. The van der Waals surface area contributed by atoms with Crippen LogP contribution in [0.4, 0.5) is 0 Å². The fraction of sp³-hybridized carbons (Fsp3) is 0.186. The summed E-state index contributed by atoms with van der Waals surface area (Å²) in [5, 5.41) is 11.9. The van der Waals surface area contributed by atoms with Crippen molar-refractivity contribution in [1.82, 2.24) is 14.5 Å². The minimum absolute atomic E-state index is 0.0133. The molecule has 4 heteroatoms. The molecule has 0 saturated carbocycles. The number of para-hydroxylation sites is 1. The van der Waals surface area contributed by atoms with Crippen LogP contribution >= 0.6 is 0 Å². The van der Waals surface area contributed by atoms with Crippen molar-refractivity contribution in [3.05, 3.63) is 192 Å². The Labute approximate surface area is 372 Å². The fourth-order valence-corrected chi connectivity index (χ4v) is 8.84. The number of benzene rings is 7. The lowest BCUT2D eigenvalue weighted by Gasteiger charge is -2.22. The lowest BCUT2D eigenvalue weighted by Crippen LogP contribution is -2.11. The van der Waals surface area contributed by atoms with E-state index in [0.717, 1.165) is 83.6 Å². The maximum Gasteiger partial charge on any atom is 0.149 e. The van der Waals surface area contributed by atoms with Gasteiger partial charge < -0.3 is 5.11 Å².